The van der Waals surface area contributed by atoms with Gasteiger partial charge in [0, 0.05) is 0 Å². The molecule has 2 nitrogen and oxygen atoms in total. The molecule has 0 amide bonds. The number of rotatable bonds is 3. The van der Waals surface area contributed by atoms with Gasteiger partial charge >= 0.3 is 0 Å². The fourth-order valence-corrected chi connectivity index (χ4v) is 0.875. The fourth-order valence-electron chi connectivity index (χ4n) is 0.484. The van der Waals surface area contributed by atoms with Gasteiger partial charge in [-0.2, -0.15) is 5.26 Å². The minimum Gasteiger partial charge on any atom is -0.297 e. The number of ketones is 1. The predicted octanol–water partition coefficient (Wildman–Crippen LogP) is 1.50. The predicted molar refractivity (Wildman–Crippen MR) is 38.2 cm³/mol. The van der Waals surface area contributed by atoms with Crippen molar-refractivity contribution in [3.05, 3.63) is 0 Å². The number of alkyl halides is 1. The minimum atomic E-state index is -0.413. The van der Waals surface area contributed by atoms with Crippen LogP contribution in [0.15, 0.2) is 0 Å². The molecule has 1 unspecified atom stereocenters. The largest absolute Gasteiger partial charge is 0.297 e. The zero-order valence-corrected chi connectivity index (χ0v) is 6.81. The molecule has 0 rings (SSSR count). The summed E-state index contributed by atoms with van der Waals surface area (Å²) in [6.45, 7) is 1.83. The topological polar surface area (TPSA) is 40.9 Å². The van der Waals surface area contributed by atoms with Gasteiger partial charge < -0.3 is 0 Å². The molecule has 0 spiro atoms. The summed E-state index contributed by atoms with van der Waals surface area (Å²) < 4.78 is 0. The highest BCUT2D eigenvalue weighted by molar-refractivity contribution is 9.09. The van der Waals surface area contributed by atoms with Gasteiger partial charge in [0.2, 0.25) is 0 Å². The van der Waals surface area contributed by atoms with E-state index in [2.05, 4.69) is 15.9 Å². The van der Waals surface area contributed by atoms with Gasteiger partial charge in [-0.1, -0.05) is 22.9 Å². The average molecular weight is 190 g/mol. The number of carbonyl (C=O) groups is 1. The summed E-state index contributed by atoms with van der Waals surface area (Å²) in [6, 6.07) is 1.92. The molecular formula is C6H8BrNO. The number of nitriles is 1. The van der Waals surface area contributed by atoms with E-state index >= 15 is 0 Å². The smallest absolute Gasteiger partial charge is 0.160 e. The maximum Gasteiger partial charge on any atom is 0.160 e. The molecule has 0 heterocycles. The van der Waals surface area contributed by atoms with Gasteiger partial charge in [0.25, 0.3) is 0 Å². The first-order valence-corrected chi connectivity index (χ1v) is 3.86. The number of Topliss-reactive ketones (excluding diaryl/α,β-unsaturated/α-hetero) is 1. The van der Waals surface area contributed by atoms with Gasteiger partial charge in [0.05, 0.1) is 11.4 Å². The summed E-state index contributed by atoms with van der Waals surface area (Å²) in [5.41, 5.74) is 0. The van der Waals surface area contributed by atoms with E-state index < -0.39 is 5.92 Å². The van der Waals surface area contributed by atoms with E-state index in [1.54, 1.807) is 0 Å². The normalized spacial score (nSPS) is 12.1. The second-order valence-electron chi connectivity index (χ2n) is 1.69. The number of nitrogens with zero attached hydrogens (tertiary/aromatic N) is 1. The molecule has 0 aromatic heterocycles. The second-order valence-corrected chi connectivity index (χ2v) is 2.25. The van der Waals surface area contributed by atoms with Gasteiger partial charge in [-0.25, -0.2) is 0 Å². The van der Waals surface area contributed by atoms with Crippen molar-refractivity contribution in [1.29, 1.82) is 5.26 Å². The van der Waals surface area contributed by atoms with Crippen LogP contribution in [-0.4, -0.2) is 11.1 Å². The highest BCUT2D eigenvalue weighted by atomic mass is 79.9. The summed E-state index contributed by atoms with van der Waals surface area (Å²) >= 11 is 3.00. The van der Waals surface area contributed by atoms with E-state index in [0.29, 0.717) is 11.8 Å². The van der Waals surface area contributed by atoms with Gasteiger partial charge in [-0.3, -0.25) is 4.79 Å². The van der Waals surface area contributed by atoms with E-state index in [-0.39, 0.29) is 5.78 Å². The number of hydrogen-bond donors (Lipinski definition) is 0. The molecule has 0 fully saturated rings. The van der Waals surface area contributed by atoms with E-state index in [0.717, 1.165) is 0 Å². The van der Waals surface area contributed by atoms with Crippen LogP contribution in [0.25, 0.3) is 0 Å². The lowest BCUT2D eigenvalue weighted by Crippen LogP contribution is -2.11. The van der Waals surface area contributed by atoms with E-state index in [1.807, 2.05) is 13.0 Å². The third kappa shape index (κ3) is 2.62. The van der Waals surface area contributed by atoms with Crippen LogP contribution in [0.4, 0.5) is 0 Å². The van der Waals surface area contributed by atoms with Gasteiger partial charge in [0.1, 0.15) is 5.92 Å². The van der Waals surface area contributed by atoms with E-state index in [9.17, 15) is 4.79 Å². The Kier molecular flexibility index (Phi) is 4.33. The van der Waals surface area contributed by atoms with E-state index in [1.165, 1.54) is 0 Å². The van der Waals surface area contributed by atoms with Gasteiger partial charge in [-0.05, 0) is 6.42 Å². The molecule has 0 aliphatic carbocycles. The minimum absolute atomic E-state index is 0.0278. The van der Waals surface area contributed by atoms with Crippen LogP contribution < -0.4 is 0 Å². The zero-order chi connectivity index (χ0) is 7.28. The SMILES string of the molecule is CCC(C#N)C(=O)CBr. The molecular weight excluding hydrogens is 182 g/mol. The molecule has 0 aliphatic heterocycles. The number of carbonyl (C=O) groups excluding carboxylic acids is 1. The first kappa shape index (κ1) is 8.64. The van der Waals surface area contributed by atoms with Crippen LogP contribution in [0.1, 0.15) is 13.3 Å². The van der Waals surface area contributed by atoms with Crippen molar-refractivity contribution in [2.75, 3.05) is 5.33 Å². The molecule has 0 bridgehead atoms. The molecule has 50 valence electrons. The van der Waals surface area contributed by atoms with Crippen LogP contribution in [0, 0.1) is 17.2 Å². The average Bonchev–Trinajstić information content (AvgIpc) is 1.90. The van der Waals surface area contributed by atoms with Crippen molar-refractivity contribution in [1.82, 2.24) is 0 Å². The Labute approximate surface area is 63.0 Å². The quantitative estimate of drug-likeness (QED) is 0.632. The highest BCUT2D eigenvalue weighted by Crippen LogP contribution is 2.03. The lowest BCUT2D eigenvalue weighted by molar-refractivity contribution is -0.118. The van der Waals surface area contributed by atoms with E-state index in [4.69, 9.17) is 5.26 Å². The van der Waals surface area contributed by atoms with Crippen LogP contribution in [-0.2, 0) is 4.79 Å². The summed E-state index contributed by atoms with van der Waals surface area (Å²) in [5, 5.41) is 8.63. The maximum atomic E-state index is 10.7. The molecule has 0 aromatic carbocycles. The Morgan fingerprint density at radius 1 is 1.89 bits per heavy atom. The standard InChI is InChI=1S/C6H8BrNO/c1-2-5(4-8)6(9)3-7/h5H,2-3H2,1H3. The van der Waals surface area contributed by atoms with Crippen molar-refractivity contribution in [2.45, 2.75) is 13.3 Å². The molecule has 0 saturated carbocycles. The summed E-state index contributed by atoms with van der Waals surface area (Å²) in [4.78, 5) is 10.7. The van der Waals surface area contributed by atoms with Crippen molar-refractivity contribution in [2.24, 2.45) is 5.92 Å². The highest BCUT2D eigenvalue weighted by Gasteiger charge is 2.12. The first-order chi connectivity index (χ1) is 4.26. The maximum absolute atomic E-state index is 10.7. The lowest BCUT2D eigenvalue weighted by atomic mass is 10.1. The summed E-state index contributed by atoms with van der Waals surface area (Å²) in [5.74, 6) is -0.440. The zero-order valence-electron chi connectivity index (χ0n) is 5.22. The molecule has 0 radical (unpaired) electrons. The monoisotopic (exact) mass is 189 g/mol. The summed E-state index contributed by atoms with van der Waals surface area (Å²) in [7, 11) is 0. The Morgan fingerprint density at radius 3 is 2.56 bits per heavy atom. The Bertz CT molecular complexity index is 138. The van der Waals surface area contributed by atoms with Crippen LogP contribution in [0.5, 0.6) is 0 Å². The third-order valence-electron chi connectivity index (χ3n) is 1.08. The molecule has 3 heteroatoms. The molecule has 0 saturated heterocycles. The lowest BCUT2D eigenvalue weighted by Gasteiger charge is -1.98. The summed E-state index contributed by atoms with van der Waals surface area (Å²) in [6.07, 6.45) is 0.612. The molecule has 0 aliphatic rings. The van der Waals surface area contributed by atoms with Crippen LogP contribution in [0.3, 0.4) is 0 Å². The first-order valence-electron chi connectivity index (χ1n) is 2.74. The Balaban J connectivity index is 3.84. The van der Waals surface area contributed by atoms with Crippen molar-refractivity contribution >= 4 is 21.7 Å². The third-order valence-corrected chi connectivity index (χ3v) is 1.64. The molecule has 1 atom stereocenters. The van der Waals surface area contributed by atoms with Gasteiger partial charge in [-0.15, -0.1) is 0 Å². The number of hydrogen-bond acceptors (Lipinski definition) is 2. The second kappa shape index (κ2) is 4.51. The van der Waals surface area contributed by atoms with Crippen molar-refractivity contribution in [3.63, 3.8) is 0 Å². The fraction of sp³-hybridized carbons (Fsp3) is 0.667. The van der Waals surface area contributed by atoms with Crippen molar-refractivity contribution < 1.29 is 4.79 Å². The van der Waals surface area contributed by atoms with Crippen LogP contribution in [0.2, 0.25) is 0 Å². The van der Waals surface area contributed by atoms with Crippen molar-refractivity contribution in [3.8, 4) is 6.07 Å². The Hall–Kier alpha value is -0.360. The number of halogens is 1. The van der Waals surface area contributed by atoms with Gasteiger partial charge in [0.15, 0.2) is 5.78 Å². The molecule has 9 heavy (non-hydrogen) atoms. The molecule has 0 N–H and O–H groups in total. The molecule has 0 aromatic rings. The van der Waals surface area contributed by atoms with Crippen LogP contribution >= 0.6 is 15.9 Å². The Morgan fingerprint density at radius 2 is 2.44 bits per heavy atom.